The van der Waals surface area contributed by atoms with Gasteiger partial charge in [-0.05, 0) is 30.4 Å². The highest BCUT2D eigenvalue weighted by molar-refractivity contribution is 7.38. The van der Waals surface area contributed by atoms with E-state index in [9.17, 15) is 0 Å². The van der Waals surface area contributed by atoms with Gasteiger partial charge in [0.15, 0.2) is 0 Å². The van der Waals surface area contributed by atoms with Gasteiger partial charge in [-0.25, -0.2) is 0 Å². The van der Waals surface area contributed by atoms with Gasteiger partial charge in [0.05, 0.1) is 9.40 Å². The van der Waals surface area contributed by atoms with Crippen LogP contribution in [-0.2, 0) is 6.42 Å². The first-order valence-corrected chi connectivity index (χ1v) is 10.3. The number of unbranched alkanes of at least 4 members (excludes halogenated alkanes) is 6. The van der Waals surface area contributed by atoms with Gasteiger partial charge in [0.1, 0.15) is 0 Å². The molecular weight excluding hydrogens is 300 g/mol. The topological polar surface area (TPSA) is 0 Å². The first-order valence-electron chi connectivity index (χ1n) is 7.77. The maximum atomic E-state index is 2.44. The van der Waals surface area contributed by atoms with Crippen molar-refractivity contribution in [2.75, 3.05) is 0 Å². The van der Waals surface area contributed by atoms with Crippen LogP contribution in [0.5, 0.6) is 0 Å². The van der Waals surface area contributed by atoms with Crippen molar-refractivity contribution in [1.82, 2.24) is 0 Å². The van der Waals surface area contributed by atoms with Crippen LogP contribution in [0.25, 0.3) is 18.8 Å². The summed E-state index contributed by atoms with van der Waals surface area (Å²) < 4.78 is 6.03. The first kappa shape index (κ1) is 14.6. The van der Waals surface area contributed by atoms with Crippen LogP contribution in [0.15, 0.2) is 17.5 Å². The maximum absolute atomic E-state index is 2.44. The predicted octanol–water partition coefficient (Wildman–Crippen LogP) is 7.47. The molecule has 0 bridgehead atoms. The quantitative estimate of drug-likeness (QED) is 0.377. The standard InChI is InChI=1S/C17H22S3/c1-2-3-4-5-6-7-8-9-13-12-15-17(19-13)16-14(20-15)10-11-18-16/h10-12H,2-9H2,1H3. The first-order chi connectivity index (χ1) is 9.88. The molecule has 3 rings (SSSR count). The third-order valence-electron chi connectivity index (χ3n) is 3.83. The van der Waals surface area contributed by atoms with E-state index in [0.29, 0.717) is 0 Å². The van der Waals surface area contributed by atoms with Gasteiger partial charge in [0.2, 0.25) is 0 Å². The van der Waals surface area contributed by atoms with Gasteiger partial charge in [-0.2, -0.15) is 0 Å². The molecule has 0 saturated carbocycles. The molecule has 0 radical (unpaired) electrons. The monoisotopic (exact) mass is 322 g/mol. The lowest BCUT2D eigenvalue weighted by Crippen LogP contribution is -1.82. The van der Waals surface area contributed by atoms with Crippen molar-refractivity contribution in [2.24, 2.45) is 0 Å². The number of hydrogen-bond donors (Lipinski definition) is 0. The summed E-state index contributed by atoms with van der Waals surface area (Å²) in [5.41, 5.74) is 0. The Balaban J connectivity index is 1.49. The van der Waals surface area contributed by atoms with E-state index in [1.807, 2.05) is 34.0 Å². The minimum Gasteiger partial charge on any atom is -0.141 e. The average Bonchev–Trinajstić information content (AvgIpc) is 3.09. The van der Waals surface area contributed by atoms with Crippen LogP contribution >= 0.6 is 34.0 Å². The zero-order valence-electron chi connectivity index (χ0n) is 12.1. The lowest BCUT2D eigenvalue weighted by Gasteiger charge is -2.00. The molecule has 3 aromatic rings. The Labute approximate surface area is 133 Å². The Hall–Kier alpha value is -0.380. The number of fused-ring (bicyclic) bond motifs is 3. The highest BCUT2D eigenvalue weighted by Gasteiger charge is 2.10. The second-order valence-corrected chi connectivity index (χ2v) is 8.63. The molecule has 0 aliphatic heterocycles. The minimum absolute atomic E-state index is 1.28. The van der Waals surface area contributed by atoms with Crippen molar-refractivity contribution in [3.8, 4) is 0 Å². The Bertz CT molecular complexity index is 656. The molecule has 108 valence electrons. The second-order valence-electron chi connectivity index (χ2n) is 5.49. The number of aryl methyl sites for hydroxylation is 1. The van der Waals surface area contributed by atoms with Crippen LogP contribution < -0.4 is 0 Å². The Morgan fingerprint density at radius 2 is 1.65 bits per heavy atom. The smallest absolute Gasteiger partial charge is 0.0632 e. The lowest BCUT2D eigenvalue weighted by atomic mass is 10.1. The predicted molar refractivity (Wildman–Crippen MR) is 96.8 cm³/mol. The number of rotatable bonds is 8. The number of thiophene rings is 3. The molecule has 0 spiro atoms. The summed E-state index contributed by atoms with van der Waals surface area (Å²) in [7, 11) is 0. The summed E-state index contributed by atoms with van der Waals surface area (Å²) in [5.74, 6) is 0. The molecule has 0 unspecified atom stereocenters. The fourth-order valence-electron chi connectivity index (χ4n) is 2.70. The van der Waals surface area contributed by atoms with Crippen LogP contribution in [-0.4, -0.2) is 0 Å². The molecule has 0 aliphatic carbocycles. The van der Waals surface area contributed by atoms with E-state index in [1.165, 1.54) is 70.2 Å². The normalized spacial score (nSPS) is 11.8. The molecular formula is C17H22S3. The zero-order valence-corrected chi connectivity index (χ0v) is 14.6. The molecule has 3 heteroatoms. The van der Waals surface area contributed by atoms with E-state index in [-0.39, 0.29) is 0 Å². The molecule has 0 N–H and O–H groups in total. The Morgan fingerprint density at radius 1 is 0.850 bits per heavy atom. The summed E-state index contributed by atoms with van der Waals surface area (Å²) in [6.07, 6.45) is 11.1. The van der Waals surface area contributed by atoms with Gasteiger partial charge in [-0.3, -0.25) is 0 Å². The maximum Gasteiger partial charge on any atom is 0.0632 e. The van der Waals surface area contributed by atoms with Crippen LogP contribution in [0.2, 0.25) is 0 Å². The Kier molecular flexibility index (Phi) is 5.14. The fraction of sp³-hybridized carbons (Fsp3) is 0.529. The van der Waals surface area contributed by atoms with Gasteiger partial charge in [0, 0.05) is 14.3 Å². The van der Waals surface area contributed by atoms with Crippen molar-refractivity contribution in [1.29, 1.82) is 0 Å². The average molecular weight is 323 g/mol. The van der Waals surface area contributed by atoms with Crippen LogP contribution in [0.3, 0.4) is 0 Å². The van der Waals surface area contributed by atoms with Crippen molar-refractivity contribution < 1.29 is 0 Å². The molecule has 3 heterocycles. The molecule has 0 fully saturated rings. The van der Waals surface area contributed by atoms with E-state index in [4.69, 9.17) is 0 Å². The second kappa shape index (κ2) is 7.06. The SMILES string of the molecule is CCCCCCCCCc1cc2sc3ccsc3c2s1. The third kappa shape index (κ3) is 3.26. The van der Waals surface area contributed by atoms with Crippen LogP contribution in [0.4, 0.5) is 0 Å². The van der Waals surface area contributed by atoms with Crippen LogP contribution in [0, 0.1) is 0 Å². The lowest BCUT2D eigenvalue weighted by molar-refractivity contribution is 0.590. The van der Waals surface area contributed by atoms with Crippen molar-refractivity contribution in [2.45, 2.75) is 58.3 Å². The van der Waals surface area contributed by atoms with Crippen molar-refractivity contribution >= 4 is 52.8 Å². The molecule has 0 atom stereocenters. The van der Waals surface area contributed by atoms with Gasteiger partial charge in [-0.1, -0.05) is 45.4 Å². The summed E-state index contributed by atoms with van der Waals surface area (Å²) in [4.78, 5) is 1.59. The molecule has 3 aromatic heterocycles. The molecule has 0 saturated heterocycles. The van der Waals surface area contributed by atoms with Gasteiger partial charge in [0.25, 0.3) is 0 Å². The number of hydrogen-bond acceptors (Lipinski definition) is 3. The molecule has 20 heavy (non-hydrogen) atoms. The third-order valence-corrected chi connectivity index (χ3v) is 7.46. The molecule has 0 aromatic carbocycles. The zero-order chi connectivity index (χ0) is 13.8. The highest BCUT2D eigenvalue weighted by atomic mass is 32.1. The summed E-state index contributed by atoms with van der Waals surface area (Å²) in [5, 5.41) is 2.22. The minimum atomic E-state index is 1.28. The summed E-state index contributed by atoms with van der Waals surface area (Å²) >= 11 is 5.89. The summed E-state index contributed by atoms with van der Waals surface area (Å²) in [6.45, 7) is 2.28. The van der Waals surface area contributed by atoms with E-state index in [1.54, 1.807) is 4.88 Å². The van der Waals surface area contributed by atoms with Gasteiger partial charge in [-0.15, -0.1) is 34.0 Å². The largest absolute Gasteiger partial charge is 0.141 e. The van der Waals surface area contributed by atoms with Gasteiger partial charge >= 0.3 is 0 Å². The van der Waals surface area contributed by atoms with E-state index < -0.39 is 0 Å². The van der Waals surface area contributed by atoms with E-state index in [2.05, 4.69) is 24.4 Å². The molecule has 0 amide bonds. The van der Waals surface area contributed by atoms with Crippen LogP contribution in [0.1, 0.15) is 56.7 Å². The Morgan fingerprint density at radius 3 is 2.50 bits per heavy atom. The van der Waals surface area contributed by atoms with E-state index >= 15 is 0 Å². The van der Waals surface area contributed by atoms with Gasteiger partial charge < -0.3 is 0 Å². The fourth-order valence-corrected chi connectivity index (χ4v) is 6.53. The van der Waals surface area contributed by atoms with Crippen molar-refractivity contribution in [3.63, 3.8) is 0 Å². The molecule has 0 aliphatic rings. The summed E-state index contributed by atoms with van der Waals surface area (Å²) in [6, 6.07) is 4.70. The van der Waals surface area contributed by atoms with E-state index in [0.717, 1.165) is 0 Å². The van der Waals surface area contributed by atoms with Crippen molar-refractivity contribution in [3.05, 3.63) is 22.4 Å². The molecule has 0 nitrogen and oxygen atoms in total. The highest BCUT2D eigenvalue weighted by Crippen LogP contribution is 2.42.